The molecule has 6 heteroatoms. The summed E-state index contributed by atoms with van der Waals surface area (Å²) in [7, 11) is 0. The molecule has 2 nitrogen and oxygen atoms in total. The average molecular weight is 290 g/mol. The number of carbonyl (C=O) groups excluding carboxylic acids is 1. The van der Waals surface area contributed by atoms with E-state index < -0.39 is 29.1 Å². The van der Waals surface area contributed by atoms with Crippen molar-refractivity contribution >= 4 is 5.97 Å². The van der Waals surface area contributed by atoms with Crippen molar-refractivity contribution in [3.8, 4) is 0 Å². The molecular weight excluding hydrogens is 276 g/mol. The van der Waals surface area contributed by atoms with Gasteiger partial charge in [0.25, 0.3) is 0 Å². The number of alkyl halides is 3. The molecule has 0 radical (unpaired) electrons. The van der Waals surface area contributed by atoms with E-state index in [4.69, 9.17) is 4.74 Å². The molecule has 1 fully saturated rings. The number of benzene rings is 1. The Hall–Kier alpha value is -1.59. The SMILES string of the molecule is O=C(OC1CCCCC1)c1ccc(F)cc1C(F)(F)F. The lowest BCUT2D eigenvalue weighted by Crippen LogP contribution is -2.23. The average Bonchev–Trinajstić information content (AvgIpc) is 2.38. The smallest absolute Gasteiger partial charge is 0.417 e. The largest absolute Gasteiger partial charge is 0.459 e. The lowest BCUT2D eigenvalue weighted by atomic mass is 9.97. The van der Waals surface area contributed by atoms with Gasteiger partial charge < -0.3 is 4.74 Å². The summed E-state index contributed by atoms with van der Waals surface area (Å²) in [6, 6.07) is 1.97. The van der Waals surface area contributed by atoms with Crippen LogP contribution in [-0.2, 0) is 10.9 Å². The van der Waals surface area contributed by atoms with Crippen molar-refractivity contribution in [1.82, 2.24) is 0 Å². The van der Waals surface area contributed by atoms with Crippen LogP contribution in [0.4, 0.5) is 17.6 Å². The maximum atomic E-state index is 12.9. The minimum absolute atomic E-state index is 0.317. The van der Waals surface area contributed by atoms with E-state index in [2.05, 4.69) is 0 Å². The van der Waals surface area contributed by atoms with Crippen molar-refractivity contribution in [2.75, 3.05) is 0 Å². The zero-order chi connectivity index (χ0) is 14.8. The van der Waals surface area contributed by atoms with Crippen LogP contribution in [0.25, 0.3) is 0 Å². The van der Waals surface area contributed by atoms with E-state index in [9.17, 15) is 22.4 Å². The molecule has 0 aliphatic heterocycles. The Morgan fingerprint density at radius 2 is 1.80 bits per heavy atom. The van der Waals surface area contributed by atoms with Gasteiger partial charge in [0.2, 0.25) is 0 Å². The molecule has 1 aliphatic carbocycles. The molecule has 0 N–H and O–H groups in total. The van der Waals surface area contributed by atoms with Gasteiger partial charge in [0.1, 0.15) is 11.9 Å². The van der Waals surface area contributed by atoms with Crippen LogP contribution in [0.5, 0.6) is 0 Å². The molecule has 1 aromatic rings. The Morgan fingerprint density at radius 3 is 2.40 bits per heavy atom. The predicted molar refractivity (Wildman–Crippen MR) is 63.7 cm³/mol. The molecule has 1 saturated carbocycles. The maximum Gasteiger partial charge on any atom is 0.417 e. The van der Waals surface area contributed by atoms with Crippen molar-refractivity contribution in [2.45, 2.75) is 44.4 Å². The summed E-state index contributed by atoms with van der Waals surface area (Å²) < 4.78 is 56.4. The predicted octanol–water partition coefficient (Wildman–Crippen LogP) is 4.33. The minimum atomic E-state index is -4.79. The molecule has 20 heavy (non-hydrogen) atoms. The first kappa shape index (κ1) is 14.8. The summed E-state index contributed by atoms with van der Waals surface area (Å²) in [6.07, 6.45) is -0.979. The van der Waals surface area contributed by atoms with Crippen LogP contribution in [0.2, 0.25) is 0 Å². The summed E-state index contributed by atoms with van der Waals surface area (Å²) in [5.41, 5.74) is -1.93. The Morgan fingerprint density at radius 1 is 1.15 bits per heavy atom. The molecule has 1 aromatic carbocycles. The van der Waals surface area contributed by atoms with Gasteiger partial charge in [-0.1, -0.05) is 6.42 Å². The monoisotopic (exact) mass is 290 g/mol. The number of halogens is 4. The quantitative estimate of drug-likeness (QED) is 0.598. The van der Waals surface area contributed by atoms with Crippen LogP contribution >= 0.6 is 0 Å². The van der Waals surface area contributed by atoms with E-state index in [1.807, 2.05) is 0 Å². The third-order valence-corrected chi connectivity index (χ3v) is 3.33. The molecule has 0 spiro atoms. The number of esters is 1. The number of ether oxygens (including phenoxy) is 1. The van der Waals surface area contributed by atoms with Crippen molar-refractivity contribution in [3.63, 3.8) is 0 Å². The fourth-order valence-corrected chi connectivity index (χ4v) is 2.33. The van der Waals surface area contributed by atoms with Gasteiger partial charge in [-0.3, -0.25) is 0 Å². The molecular formula is C14H14F4O2. The van der Waals surface area contributed by atoms with E-state index >= 15 is 0 Å². The second kappa shape index (κ2) is 5.81. The van der Waals surface area contributed by atoms with Gasteiger partial charge in [0, 0.05) is 0 Å². The molecule has 0 bridgehead atoms. The van der Waals surface area contributed by atoms with Crippen molar-refractivity contribution in [2.24, 2.45) is 0 Å². The summed E-state index contributed by atoms with van der Waals surface area (Å²) in [4.78, 5) is 11.8. The second-order valence-electron chi connectivity index (χ2n) is 4.85. The zero-order valence-corrected chi connectivity index (χ0v) is 10.7. The normalized spacial score (nSPS) is 17.0. The van der Waals surface area contributed by atoms with Gasteiger partial charge in [0.15, 0.2) is 0 Å². The molecule has 0 saturated heterocycles. The minimum Gasteiger partial charge on any atom is -0.459 e. The number of carbonyl (C=O) groups is 1. The van der Waals surface area contributed by atoms with Crippen molar-refractivity contribution < 1.29 is 27.1 Å². The molecule has 0 aromatic heterocycles. The van der Waals surface area contributed by atoms with Crippen LogP contribution in [0.15, 0.2) is 18.2 Å². The second-order valence-corrected chi connectivity index (χ2v) is 4.85. The van der Waals surface area contributed by atoms with Gasteiger partial charge in [-0.05, 0) is 43.9 Å². The van der Waals surface area contributed by atoms with Crippen LogP contribution in [0, 0.1) is 5.82 Å². The topological polar surface area (TPSA) is 26.3 Å². The highest BCUT2D eigenvalue weighted by Gasteiger charge is 2.36. The number of hydrogen-bond acceptors (Lipinski definition) is 2. The van der Waals surface area contributed by atoms with Crippen LogP contribution in [0.1, 0.15) is 48.0 Å². The van der Waals surface area contributed by atoms with Crippen LogP contribution in [0.3, 0.4) is 0 Å². The first-order valence-corrected chi connectivity index (χ1v) is 6.45. The Kier molecular flexibility index (Phi) is 4.30. The molecule has 0 atom stereocenters. The van der Waals surface area contributed by atoms with Gasteiger partial charge >= 0.3 is 12.1 Å². The van der Waals surface area contributed by atoms with E-state index in [1.54, 1.807) is 0 Å². The Labute approximate surface area is 113 Å². The highest BCUT2D eigenvalue weighted by molar-refractivity contribution is 5.91. The zero-order valence-electron chi connectivity index (χ0n) is 10.7. The molecule has 0 unspecified atom stereocenters. The fourth-order valence-electron chi connectivity index (χ4n) is 2.33. The van der Waals surface area contributed by atoms with Crippen LogP contribution in [-0.4, -0.2) is 12.1 Å². The first-order chi connectivity index (χ1) is 9.38. The third-order valence-electron chi connectivity index (χ3n) is 3.33. The number of rotatable bonds is 2. The van der Waals surface area contributed by atoms with Gasteiger partial charge in [-0.2, -0.15) is 13.2 Å². The summed E-state index contributed by atoms with van der Waals surface area (Å²) >= 11 is 0. The summed E-state index contributed by atoms with van der Waals surface area (Å²) in [5.74, 6) is -2.07. The van der Waals surface area contributed by atoms with E-state index in [0.717, 1.165) is 31.4 Å². The lowest BCUT2D eigenvalue weighted by molar-refractivity contribution is -0.138. The molecule has 0 heterocycles. The highest BCUT2D eigenvalue weighted by Crippen LogP contribution is 2.33. The van der Waals surface area contributed by atoms with Crippen molar-refractivity contribution in [1.29, 1.82) is 0 Å². The lowest BCUT2D eigenvalue weighted by Gasteiger charge is -2.22. The van der Waals surface area contributed by atoms with Gasteiger partial charge in [-0.25, -0.2) is 9.18 Å². The van der Waals surface area contributed by atoms with Crippen molar-refractivity contribution in [3.05, 3.63) is 35.1 Å². The standard InChI is InChI=1S/C14H14F4O2/c15-9-6-7-11(12(8-9)14(16,17)18)13(19)20-10-4-2-1-3-5-10/h6-8,10H,1-5H2. The fraction of sp³-hybridized carbons (Fsp3) is 0.500. The van der Waals surface area contributed by atoms with Gasteiger partial charge in [-0.15, -0.1) is 0 Å². The number of hydrogen-bond donors (Lipinski definition) is 0. The van der Waals surface area contributed by atoms with E-state index in [0.29, 0.717) is 18.9 Å². The van der Waals surface area contributed by atoms with E-state index in [1.165, 1.54) is 0 Å². The Balaban J connectivity index is 2.20. The molecule has 0 amide bonds. The summed E-state index contributed by atoms with van der Waals surface area (Å²) in [6.45, 7) is 0. The molecule has 110 valence electrons. The van der Waals surface area contributed by atoms with Crippen LogP contribution < -0.4 is 0 Å². The highest BCUT2D eigenvalue weighted by atomic mass is 19.4. The first-order valence-electron chi connectivity index (χ1n) is 6.45. The molecule has 1 aliphatic rings. The molecule has 2 rings (SSSR count). The van der Waals surface area contributed by atoms with E-state index in [-0.39, 0.29) is 6.10 Å². The Bertz CT molecular complexity index is 490. The van der Waals surface area contributed by atoms with Gasteiger partial charge in [0.05, 0.1) is 11.1 Å². The third kappa shape index (κ3) is 3.49. The summed E-state index contributed by atoms with van der Waals surface area (Å²) in [5, 5.41) is 0. The maximum absolute atomic E-state index is 12.9.